The molecular weight excluding hydrogens is 447 g/mol. The van der Waals surface area contributed by atoms with E-state index in [4.69, 9.17) is 9.47 Å². The van der Waals surface area contributed by atoms with E-state index in [1.165, 1.54) is 18.9 Å². The molecule has 134 valence electrons. The van der Waals surface area contributed by atoms with Crippen molar-refractivity contribution in [2.75, 3.05) is 0 Å². The molecule has 0 radical (unpaired) electrons. The van der Waals surface area contributed by atoms with Gasteiger partial charge in [0.2, 0.25) is 17.5 Å². The van der Waals surface area contributed by atoms with Crippen molar-refractivity contribution in [1.29, 1.82) is 0 Å². The van der Waals surface area contributed by atoms with Crippen LogP contribution >= 0.6 is 22.6 Å². The van der Waals surface area contributed by atoms with Gasteiger partial charge in [-0.3, -0.25) is 9.59 Å². The quantitative estimate of drug-likeness (QED) is 0.396. The molecule has 0 spiro atoms. The van der Waals surface area contributed by atoms with E-state index in [9.17, 15) is 9.59 Å². The van der Waals surface area contributed by atoms with Gasteiger partial charge in [0, 0.05) is 29.9 Å². The Hall–Kier alpha value is -2.42. The largest absolute Gasteiger partial charge is 0.443 e. The van der Waals surface area contributed by atoms with Gasteiger partial charge in [-0.1, -0.05) is 12.1 Å². The van der Waals surface area contributed by atoms with E-state index in [1.807, 2.05) is 24.3 Å². The minimum atomic E-state index is -1.09. The highest BCUT2D eigenvalue weighted by Gasteiger charge is 2.45. The summed E-state index contributed by atoms with van der Waals surface area (Å²) in [4.78, 5) is 23.2. The van der Waals surface area contributed by atoms with Gasteiger partial charge in [-0.2, -0.15) is 5.01 Å². The number of esters is 1. The van der Waals surface area contributed by atoms with Gasteiger partial charge in [0.1, 0.15) is 5.75 Å². The van der Waals surface area contributed by atoms with E-state index in [2.05, 4.69) is 27.7 Å². The summed E-state index contributed by atoms with van der Waals surface area (Å²) >= 11 is 2.20. The van der Waals surface area contributed by atoms with Crippen molar-refractivity contribution in [3.63, 3.8) is 0 Å². The molecule has 1 atom stereocenters. The molecule has 0 bridgehead atoms. The summed E-state index contributed by atoms with van der Waals surface area (Å²) in [7, 11) is 0. The van der Waals surface area contributed by atoms with Crippen molar-refractivity contribution < 1.29 is 19.1 Å². The lowest BCUT2D eigenvalue weighted by Crippen LogP contribution is -2.41. The van der Waals surface area contributed by atoms with E-state index in [0.29, 0.717) is 17.2 Å². The molecule has 0 aliphatic carbocycles. The van der Waals surface area contributed by atoms with Crippen LogP contribution in [0.2, 0.25) is 0 Å². The van der Waals surface area contributed by atoms with Crippen LogP contribution in [0.3, 0.4) is 0 Å². The minimum Gasteiger partial charge on any atom is -0.443 e. The maximum Gasteiger partial charge on any atom is 0.308 e. The predicted octanol–water partition coefficient (Wildman–Crippen LogP) is 3.63. The molecule has 2 aromatic carbocycles. The number of carbonyl (C=O) groups is 2. The summed E-state index contributed by atoms with van der Waals surface area (Å²) in [5.41, 5.74) is 0.447. The zero-order chi connectivity index (χ0) is 18.9. The molecule has 0 fully saturated rings. The smallest absolute Gasteiger partial charge is 0.308 e. The number of benzene rings is 2. The lowest BCUT2D eigenvalue weighted by molar-refractivity contribution is -0.146. The first-order chi connectivity index (χ1) is 12.3. The average molecular weight is 464 g/mol. The molecule has 7 heteroatoms. The summed E-state index contributed by atoms with van der Waals surface area (Å²) < 4.78 is 12.2. The van der Waals surface area contributed by atoms with Crippen LogP contribution < -0.4 is 4.74 Å². The third-order valence-electron chi connectivity index (χ3n) is 3.94. The van der Waals surface area contributed by atoms with Crippen molar-refractivity contribution >= 4 is 40.4 Å². The Bertz CT molecular complexity index is 895. The number of hydrazone groups is 1. The highest BCUT2D eigenvalue weighted by molar-refractivity contribution is 14.1. The van der Waals surface area contributed by atoms with E-state index >= 15 is 0 Å². The number of ether oxygens (including phenoxy) is 2. The van der Waals surface area contributed by atoms with Crippen LogP contribution in [-0.2, 0) is 20.1 Å². The molecule has 0 saturated carbocycles. The maximum atomic E-state index is 12.2. The molecule has 0 N–H and O–H groups in total. The number of hydrogen-bond donors (Lipinski definition) is 0. The van der Waals surface area contributed by atoms with Crippen LogP contribution in [0.25, 0.3) is 0 Å². The van der Waals surface area contributed by atoms with Gasteiger partial charge >= 0.3 is 5.97 Å². The lowest BCUT2D eigenvalue weighted by atomic mass is 10.0. The molecular formula is C19H17IN2O4. The Labute approximate surface area is 164 Å². The first kappa shape index (κ1) is 18.4. The normalized spacial score (nSPS) is 18.9. The fourth-order valence-corrected chi connectivity index (χ4v) is 3.35. The van der Waals surface area contributed by atoms with E-state index in [-0.39, 0.29) is 5.91 Å². The maximum absolute atomic E-state index is 12.2. The van der Waals surface area contributed by atoms with Gasteiger partial charge < -0.3 is 9.47 Å². The second kappa shape index (κ2) is 7.06. The van der Waals surface area contributed by atoms with Gasteiger partial charge in [-0.15, -0.1) is 5.10 Å². The van der Waals surface area contributed by atoms with Gasteiger partial charge in [-0.05, 0) is 59.0 Å². The number of amides is 1. The van der Waals surface area contributed by atoms with Crippen molar-refractivity contribution in [2.24, 2.45) is 5.10 Å². The minimum absolute atomic E-state index is 0.238. The zero-order valence-corrected chi connectivity index (χ0v) is 16.7. The second-order valence-electron chi connectivity index (χ2n) is 5.92. The van der Waals surface area contributed by atoms with Crippen LogP contribution in [0.4, 0.5) is 0 Å². The molecule has 26 heavy (non-hydrogen) atoms. The van der Waals surface area contributed by atoms with E-state index in [1.54, 1.807) is 31.2 Å². The molecule has 1 aliphatic rings. The predicted molar refractivity (Wildman–Crippen MR) is 104 cm³/mol. The van der Waals surface area contributed by atoms with E-state index in [0.717, 1.165) is 9.13 Å². The van der Waals surface area contributed by atoms with Crippen molar-refractivity contribution in [2.45, 2.75) is 26.5 Å². The Morgan fingerprint density at radius 2 is 1.77 bits per heavy atom. The van der Waals surface area contributed by atoms with Gasteiger partial charge in [0.25, 0.3) is 0 Å². The monoisotopic (exact) mass is 464 g/mol. The lowest BCUT2D eigenvalue weighted by Gasteiger charge is -2.31. The van der Waals surface area contributed by atoms with E-state index < -0.39 is 11.7 Å². The molecule has 0 aromatic heterocycles. The van der Waals surface area contributed by atoms with Crippen LogP contribution in [0.1, 0.15) is 31.9 Å². The number of nitrogens with zero attached hydrogens (tertiary/aromatic N) is 2. The SMILES string of the molecule is CC(=O)Oc1ccc(C2(C)OC(c3ccccc3I)=NN2C(C)=O)cc1. The topological polar surface area (TPSA) is 68.2 Å². The third-order valence-corrected chi connectivity index (χ3v) is 4.89. The molecule has 1 amide bonds. The van der Waals surface area contributed by atoms with Gasteiger partial charge in [-0.25, -0.2) is 0 Å². The van der Waals surface area contributed by atoms with Gasteiger partial charge in [0.05, 0.1) is 5.56 Å². The van der Waals surface area contributed by atoms with Crippen LogP contribution in [0.15, 0.2) is 53.6 Å². The van der Waals surface area contributed by atoms with Gasteiger partial charge in [0.15, 0.2) is 0 Å². The fraction of sp³-hybridized carbons (Fsp3) is 0.211. The summed E-state index contributed by atoms with van der Waals surface area (Å²) in [6, 6.07) is 14.5. The molecule has 1 heterocycles. The highest BCUT2D eigenvalue weighted by Crippen LogP contribution is 2.37. The third kappa shape index (κ3) is 3.44. The number of carbonyl (C=O) groups excluding carboxylic acids is 2. The number of rotatable bonds is 3. The first-order valence-corrected chi connectivity index (χ1v) is 9.01. The Morgan fingerprint density at radius 3 is 2.35 bits per heavy atom. The second-order valence-corrected chi connectivity index (χ2v) is 7.08. The fourth-order valence-electron chi connectivity index (χ4n) is 2.73. The average Bonchev–Trinajstić information content (AvgIpc) is 2.94. The van der Waals surface area contributed by atoms with Crippen LogP contribution in [0.5, 0.6) is 5.75 Å². The highest BCUT2D eigenvalue weighted by atomic mass is 127. The summed E-state index contributed by atoms with van der Waals surface area (Å²) in [6.07, 6.45) is 0. The molecule has 2 aromatic rings. The molecule has 6 nitrogen and oxygen atoms in total. The standard InChI is InChI=1S/C19H17IN2O4/c1-12(23)22-19(3,14-8-10-15(11-9-14)25-13(2)24)26-18(21-22)16-6-4-5-7-17(16)20/h4-11H,1-3H3. The Kier molecular flexibility index (Phi) is 4.99. The summed E-state index contributed by atoms with van der Waals surface area (Å²) in [6.45, 7) is 4.56. The zero-order valence-electron chi connectivity index (χ0n) is 14.5. The number of halogens is 1. The Morgan fingerprint density at radius 1 is 1.12 bits per heavy atom. The summed E-state index contributed by atoms with van der Waals surface area (Å²) in [5, 5.41) is 5.73. The van der Waals surface area contributed by atoms with Crippen molar-refractivity contribution in [3.8, 4) is 5.75 Å². The van der Waals surface area contributed by atoms with Crippen molar-refractivity contribution in [3.05, 3.63) is 63.2 Å². The molecule has 0 saturated heterocycles. The van der Waals surface area contributed by atoms with Crippen molar-refractivity contribution in [1.82, 2.24) is 5.01 Å². The summed E-state index contributed by atoms with van der Waals surface area (Å²) in [5.74, 6) is 0.181. The molecule has 3 rings (SSSR count). The number of hydrogen-bond acceptors (Lipinski definition) is 5. The molecule has 1 unspecified atom stereocenters. The molecule has 1 aliphatic heterocycles. The Balaban J connectivity index is 1.97. The van der Waals surface area contributed by atoms with Crippen LogP contribution in [-0.4, -0.2) is 22.8 Å². The first-order valence-electron chi connectivity index (χ1n) is 7.93. The van der Waals surface area contributed by atoms with Crippen LogP contribution in [0, 0.1) is 3.57 Å².